The molecule has 2 aliphatic heterocycles. The molecule has 2 N–H and O–H groups in total. The van der Waals surface area contributed by atoms with Crippen LogP contribution in [0.2, 0.25) is 0 Å². The molecule has 1 saturated heterocycles. The number of fused-ring (bicyclic) bond motifs is 3. The minimum absolute atomic E-state index is 0.0472. The molecule has 3 rings (SSSR count). The van der Waals surface area contributed by atoms with E-state index in [0.717, 1.165) is 5.56 Å². The van der Waals surface area contributed by atoms with Gasteiger partial charge in [-0.15, -0.1) is 0 Å². The third-order valence-corrected chi connectivity index (χ3v) is 3.61. The number of aliphatic imine (C=N–C) groups is 1. The summed E-state index contributed by atoms with van der Waals surface area (Å²) in [5, 5.41) is -0.582. The molecule has 0 unspecified atom stereocenters. The van der Waals surface area contributed by atoms with Crippen LogP contribution in [-0.4, -0.2) is 40.3 Å². The second-order valence-corrected chi connectivity index (χ2v) is 5.02. The molecule has 1 aromatic heterocycles. The van der Waals surface area contributed by atoms with Crippen molar-refractivity contribution in [2.24, 2.45) is 10.7 Å². The fourth-order valence-electron chi connectivity index (χ4n) is 2.56. The predicted octanol–water partition coefficient (Wildman–Crippen LogP) is 1.18. The van der Waals surface area contributed by atoms with Crippen molar-refractivity contribution in [3.63, 3.8) is 0 Å². The number of hydrogen-bond donors (Lipinski definition) is 1. The molecule has 3 heterocycles. The van der Waals surface area contributed by atoms with Crippen LogP contribution in [0.1, 0.15) is 29.0 Å². The molecule has 0 radical (unpaired) electrons. The first kappa shape index (κ1) is 12.4. The summed E-state index contributed by atoms with van der Waals surface area (Å²) >= 11 is 5.47. The third kappa shape index (κ3) is 1.97. The highest BCUT2D eigenvalue weighted by atomic mass is 35.5. The van der Waals surface area contributed by atoms with E-state index >= 15 is 0 Å². The zero-order valence-corrected chi connectivity index (χ0v) is 11.1. The van der Waals surface area contributed by atoms with Crippen LogP contribution in [0.4, 0.5) is 5.69 Å². The lowest BCUT2D eigenvalue weighted by Crippen LogP contribution is -2.53. The van der Waals surface area contributed by atoms with Crippen molar-refractivity contribution in [2.45, 2.75) is 19.0 Å². The largest absolute Gasteiger partial charge is 0.377 e. The lowest BCUT2D eigenvalue weighted by molar-refractivity contribution is -0.00973. The van der Waals surface area contributed by atoms with Crippen molar-refractivity contribution >= 4 is 28.5 Å². The lowest BCUT2D eigenvalue weighted by atomic mass is 10.00. The van der Waals surface area contributed by atoms with E-state index in [1.165, 1.54) is 6.20 Å². The van der Waals surface area contributed by atoms with Gasteiger partial charge in [0.1, 0.15) is 5.69 Å². The molecule has 19 heavy (non-hydrogen) atoms. The summed E-state index contributed by atoms with van der Waals surface area (Å²) in [6, 6.07) is 1.76. The van der Waals surface area contributed by atoms with Crippen molar-refractivity contribution in [1.29, 1.82) is 0 Å². The van der Waals surface area contributed by atoms with Gasteiger partial charge in [0, 0.05) is 5.56 Å². The maximum atomic E-state index is 11.2. The van der Waals surface area contributed by atoms with Gasteiger partial charge in [0.05, 0.1) is 37.2 Å². The average molecular weight is 281 g/mol. The summed E-state index contributed by atoms with van der Waals surface area (Å²) in [5.41, 5.74) is 7.75. The van der Waals surface area contributed by atoms with Gasteiger partial charge in [0.25, 0.3) is 5.24 Å². The molecule has 1 fully saturated rings. The summed E-state index contributed by atoms with van der Waals surface area (Å²) in [7, 11) is 0. The number of hydrogen-bond acceptors (Lipinski definition) is 6. The molecule has 0 aliphatic carbocycles. The Labute approximate surface area is 115 Å². The van der Waals surface area contributed by atoms with Gasteiger partial charge < -0.3 is 15.4 Å². The second-order valence-electron chi connectivity index (χ2n) is 4.68. The number of aromatic nitrogens is 1. The van der Waals surface area contributed by atoms with Gasteiger partial charge in [-0.1, -0.05) is 0 Å². The number of ether oxygens (including phenoxy) is 1. The molecule has 0 saturated carbocycles. The van der Waals surface area contributed by atoms with Crippen molar-refractivity contribution in [3.8, 4) is 0 Å². The van der Waals surface area contributed by atoms with Crippen LogP contribution >= 0.6 is 11.6 Å². The minimum Gasteiger partial charge on any atom is -0.377 e. The van der Waals surface area contributed by atoms with Crippen molar-refractivity contribution in [1.82, 2.24) is 9.88 Å². The molecular weight excluding hydrogens is 268 g/mol. The Hall–Kier alpha value is -1.66. The maximum absolute atomic E-state index is 11.2. The van der Waals surface area contributed by atoms with Crippen LogP contribution in [0.5, 0.6) is 0 Å². The van der Waals surface area contributed by atoms with E-state index in [4.69, 9.17) is 22.1 Å². The summed E-state index contributed by atoms with van der Waals surface area (Å²) in [6.45, 7) is 3.14. The van der Waals surface area contributed by atoms with Gasteiger partial charge in [-0.3, -0.25) is 4.79 Å². The number of morpholine rings is 1. The maximum Gasteiger partial charge on any atom is 0.270 e. The zero-order valence-electron chi connectivity index (χ0n) is 10.3. The van der Waals surface area contributed by atoms with E-state index in [9.17, 15) is 4.79 Å². The highest BCUT2D eigenvalue weighted by Gasteiger charge is 2.36. The molecule has 0 spiro atoms. The summed E-state index contributed by atoms with van der Waals surface area (Å²) in [5.74, 6) is 0.458. The van der Waals surface area contributed by atoms with Crippen LogP contribution in [0.25, 0.3) is 0 Å². The molecular formula is C12H13ClN4O2. The van der Waals surface area contributed by atoms with Crippen LogP contribution in [0.3, 0.4) is 0 Å². The molecule has 6 nitrogen and oxygen atoms in total. The number of rotatable bonds is 1. The van der Waals surface area contributed by atoms with E-state index in [2.05, 4.69) is 9.98 Å². The predicted molar refractivity (Wildman–Crippen MR) is 70.6 cm³/mol. The molecule has 2 aliphatic rings. The van der Waals surface area contributed by atoms with E-state index in [0.29, 0.717) is 24.9 Å². The first-order valence-corrected chi connectivity index (χ1v) is 6.35. The number of nitrogens with zero attached hydrogens (tertiary/aromatic N) is 3. The van der Waals surface area contributed by atoms with Crippen LogP contribution in [0.15, 0.2) is 17.3 Å². The number of pyridine rings is 1. The van der Waals surface area contributed by atoms with Crippen LogP contribution in [-0.2, 0) is 4.74 Å². The highest BCUT2D eigenvalue weighted by Crippen LogP contribution is 2.37. The number of guanidine groups is 1. The molecule has 2 atom stereocenters. The van der Waals surface area contributed by atoms with Gasteiger partial charge in [-0.2, -0.15) is 0 Å². The van der Waals surface area contributed by atoms with Gasteiger partial charge >= 0.3 is 0 Å². The molecule has 7 heteroatoms. The fourth-order valence-corrected chi connectivity index (χ4v) is 2.66. The molecule has 1 aromatic rings. The Morgan fingerprint density at radius 1 is 1.58 bits per heavy atom. The zero-order chi connectivity index (χ0) is 13.6. The lowest BCUT2D eigenvalue weighted by Gasteiger charge is -2.43. The molecule has 100 valence electrons. The SMILES string of the molecule is C[C@@H]1COC[C@@H]2c3cc(C(=O)Cl)ncc3N=C(N)N12. The Balaban J connectivity index is 2.11. The normalized spacial score (nSPS) is 25.4. The topological polar surface area (TPSA) is 80.8 Å². The summed E-state index contributed by atoms with van der Waals surface area (Å²) in [6.07, 6.45) is 1.52. The number of carbonyl (C=O) groups excluding carboxylic acids is 1. The minimum atomic E-state index is -0.582. The second kappa shape index (κ2) is 4.47. The van der Waals surface area contributed by atoms with Gasteiger partial charge in [0.2, 0.25) is 0 Å². The highest BCUT2D eigenvalue weighted by molar-refractivity contribution is 6.67. The van der Waals surface area contributed by atoms with E-state index in [1.807, 2.05) is 11.8 Å². The van der Waals surface area contributed by atoms with Gasteiger partial charge in [0.15, 0.2) is 5.96 Å². The Kier molecular flexibility index (Phi) is 2.91. The Bertz CT molecular complexity index is 575. The fraction of sp³-hybridized carbons (Fsp3) is 0.417. The Morgan fingerprint density at radius 3 is 3.11 bits per heavy atom. The van der Waals surface area contributed by atoms with Crippen molar-refractivity contribution in [2.75, 3.05) is 13.2 Å². The molecule has 0 aromatic carbocycles. The van der Waals surface area contributed by atoms with E-state index in [1.54, 1.807) is 6.07 Å². The van der Waals surface area contributed by atoms with Gasteiger partial charge in [-0.25, -0.2) is 9.98 Å². The van der Waals surface area contributed by atoms with Crippen LogP contribution in [0, 0.1) is 0 Å². The quantitative estimate of drug-likeness (QED) is 0.781. The molecule has 0 bridgehead atoms. The molecule has 0 amide bonds. The van der Waals surface area contributed by atoms with E-state index in [-0.39, 0.29) is 17.8 Å². The number of nitrogens with two attached hydrogens (primary N) is 1. The average Bonchev–Trinajstić information content (AvgIpc) is 2.38. The standard InChI is InChI=1S/C12H13ClN4O2/c1-6-4-19-5-10-7-2-8(11(13)18)15-3-9(7)16-12(14)17(6)10/h2-3,6,10H,4-5H2,1H3,(H2,14,16)/t6-,10-/m1/s1. The van der Waals surface area contributed by atoms with Crippen molar-refractivity contribution < 1.29 is 9.53 Å². The number of halogens is 1. The first-order chi connectivity index (χ1) is 9.08. The number of carbonyl (C=O) groups is 1. The Morgan fingerprint density at radius 2 is 2.37 bits per heavy atom. The smallest absolute Gasteiger partial charge is 0.270 e. The first-order valence-electron chi connectivity index (χ1n) is 5.98. The van der Waals surface area contributed by atoms with Crippen molar-refractivity contribution in [3.05, 3.63) is 23.5 Å². The third-order valence-electron chi connectivity index (χ3n) is 3.42. The summed E-state index contributed by atoms with van der Waals surface area (Å²) < 4.78 is 5.57. The summed E-state index contributed by atoms with van der Waals surface area (Å²) in [4.78, 5) is 21.5. The monoisotopic (exact) mass is 280 g/mol. The van der Waals surface area contributed by atoms with Crippen LogP contribution < -0.4 is 5.73 Å². The van der Waals surface area contributed by atoms with E-state index < -0.39 is 5.24 Å². The van der Waals surface area contributed by atoms with Gasteiger partial charge in [-0.05, 0) is 24.6 Å².